The zero-order chi connectivity index (χ0) is 11.1. The van der Waals surface area contributed by atoms with E-state index in [4.69, 9.17) is 11.6 Å². The molecule has 0 amide bonds. The fourth-order valence-electron chi connectivity index (χ4n) is 1.49. The lowest BCUT2D eigenvalue weighted by Crippen LogP contribution is -2.05. The molecule has 1 N–H and O–H groups in total. The van der Waals surface area contributed by atoms with Crippen LogP contribution in [0.15, 0.2) is 24.3 Å². The van der Waals surface area contributed by atoms with Crippen molar-refractivity contribution in [1.29, 1.82) is 0 Å². The monoisotopic (exact) mass is 244 g/mol. The van der Waals surface area contributed by atoms with Crippen molar-refractivity contribution in [2.45, 2.75) is 19.3 Å². The smallest absolute Gasteiger partial charge is 0.0500 e. The average molecular weight is 245 g/mol. The highest BCUT2D eigenvalue weighted by Gasteiger charge is 2.10. The summed E-state index contributed by atoms with van der Waals surface area (Å²) in [5.41, 5.74) is 1.14. The van der Waals surface area contributed by atoms with E-state index >= 15 is 0 Å². The van der Waals surface area contributed by atoms with Crippen molar-refractivity contribution in [3.63, 3.8) is 0 Å². The van der Waals surface area contributed by atoms with Crippen molar-refractivity contribution in [2.75, 3.05) is 18.1 Å². The molecule has 0 aromatic heterocycles. The summed E-state index contributed by atoms with van der Waals surface area (Å²) in [5.74, 6) is 2.45. The van der Waals surface area contributed by atoms with Crippen LogP contribution in [0, 0.1) is 0 Å². The topological polar surface area (TPSA) is 20.2 Å². The Kier molecular flexibility index (Phi) is 6.15. The maximum absolute atomic E-state index is 9.32. The number of benzene rings is 1. The van der Waals surface area contributed by atoms with Crippen molar-refractivity contribution in [3.05, 3.63) is 34.9 Å². The lowest BCUT2D eigenvalue weighted by atomic mass is 9.98. The molecule has 0 aliphatic carbocycles. The molecule has 0 aliphatic heterocycles. The van der Waals surface area contributed by atoms with E-state index in [9.17, 15) is 5.11 Å². The molecule has 0 saturated carbocycles. The van der Waals surface area contributed by atoms with Crippen molar-refractivity contribution >= 4 is 23.4 Å². The van der Waals surface area contributed by atoms with Gasteiger partial charge >= 0.3 is 0 Å². The average Bonchev–Trinajstić information content (AvgIpc) is 2.24. The lowest BCUT2D eigenvalue weighted by molar-refractivity contribution is 0.263. The van der Waals surface area contributed by atoms with Gasteiger partial charge in [-0.05, 0) is 35.6 Å². The minimum Gasteiger partial charge on any atom is -0.396 e. The predicted molar refractivity (Wildman–Crippen MR) is 68.9 cm³/mol. The zero-order valence-electron chi connectivity index (χ0n) is 8.95. The van der Waals surface area contributed by atoms with E-state index in [0.717, 1.165) is 28.5 Å². The maximum atomic E-state index is 9.32. The Morgan fingerprint density at radius 3 is 2.87 bits per heavy atom. The molecular weight excluding hydrogens is 228 g/mol. The third-order valence-corrected chi connectivity index (χ3v) is 3.52. The van der Waals surface area contributed by atoms with E-state index in [1.165, 1.54) is 0 Å². The van der Waals surface area contributed by atoms with E-state index in [1.807, 2.05) is 36.0 Å². The first kappa shape index (κ1) is 12.9. The van der Waals surface area contributed by atoms with Gasteiger partial charge in [0.1, 0.15) is 0 Å². The van der Waals surface area contributed by atoms with Crippen molar-refractivity contribution in [1.82, 2.24) is 0 Å². The van der Waals surface area contributed by atoms with E-state index in [0.29, 0.717) is 0 Å². The van der Waals surface area contributed by atoms with Crippen LogP contribution in [0.2, 0.25) is 5.02 Å². The van der Waals surface area contributed by atoms with Gasteiger partial charge in [-0.2, -0.15) is 11.8 Å². The highest BCUT2D eigenvalue weighted by atomic mass is 35.5. The molecule has 1 rings (SSSR count). The fraction of sp³-hybridized carbons (Fsp3) is 0.500. The van der Waals surface area contributed by atoms with Crippen LogP contribution in [-0.4, -0.2) is 23.2 Å². The zero-order valence-corrected chi connectivity index (χ0v) is 10.5. The first-order chi connectivity index (χ1) is 7.27. The molecule has 0 saturated heterocycles. The largest absolute Gasteiger partial charge is 0.396 e. The van der Waals surface area contributed by atoms with E-state index in [-0.39, 0.29) is 12.5 Å². The molecule has 3 heteroatoms. The number of rotatable bonds is 6. The number of thioether (sulfide) groups is 1. The summed E-state index contributed by atoms with van der Waals surface area (Å²) < 4.78 is 0. The van der Waals surface area contributed by atoms with Crippen LogP contribution >= 0.6 is 23.4 Å². The van der Waals surface area contributed by atoms with Crippen LogP contribution in [0.5, 0.6) is 0 Å². The highest BCUT2D eigenvalue weighted by Crippen LogP contribution is 2.23. The molecular formula is C12H17ClOS. The Balaban J connectivity index is 2.57. The van der Waals surface area contributed by atoms with Gasteiger partial charge in [0, 0.05) is 17.5 Å². The summed E-state index contributed by atoms with van der Waals surface area (Å²) in [4.78, 5) is 0. The predicted octanol–water partition coefficient (Wildman–Crippen LogP) is 3.56. The molecule has 0 fully saturated rings. The molecule has 0 aliphatic rings. The Labute approximate surface area is 101 Å². The second-order valence-corrected chi connectivity index (χ2v) is 5.25. The molecule has 0 radical (unpaired) electrons. The van der Waals surface area contributed by atoms with Crippen LogP contribution in [0.1, 0.15) is 24.8 Å². The van der Waals surface area contributed by atoms with Gasteiger partial charge in [-0.3, -0.25) is 0 Å². The Morgan fingerprint density at radius 2 is 2.27 bits per heavy atom. The molecule has 15 heavy (non-hydrogen) atoms. The summed E-state index contributed by atoms with van der Waals surface area (Å²) in [6.07, 6.45) is 1.01. The quantitative estimate of drug-likeness (QED) is 0.773. The molecule has 1 atom stereocenters. The van der Waals surface area contributed by atoms with Crippen molar-refractivity contribution in [3.8, 4) is 0 Å². The maximum Gasteiger partial charge on any atom is 0.0500 e. The first-order valence-electron chi connectivity index (χ1n) is 5.22. The standard InChI is InChI=1S/C12H17ClOS/c1-2-15-7-6-11(9-14)10-4-3-5-12(13)8-10/h3-5,8,11,14H,2,6-7,9H2,1H3. The number of hydrogen-bond acceptors (Lipinski definition) is 2. The summed E-state index contributed by atoms with van der Waals surface area (Å²) >= 11 is 7.83. The molecule has 1 unspecified atom stereocenters. The van der Waals surface area contributed by atoms with Crippen LogP contribution in [-0.2, 0) is 0 Å². The number of aliphatic hydroxyl groups excluding tert-OH is 1. The van der Waals surface area contributed by atoms with Crippen LogP contribution in [0.25, 0.3) is 0 Å². The molecule has 0 spiro atoms. The number of aliphatic hydroxyl groups is 1. The van der Waals surface area contributed by atoms with Crippen LogP contribution in [0.4, 0.5) is 0 Å². The van der Waals surface area contributed by atoms with Crippen molar-refractivity contribution in [2.24, 2.45) is 0 Å². The lowest BCUT2D eigenvalue weighted by Gasteiger charge is -2.14. The molecule has 1 aromatic carbocycles. The van der Waals surface area contributed by atoms with Gasteiger partial charge in [-0.25, -0.2) is 0 Å². The molecule has 1 nitrogen and oxygen atoms in total. The minimum atomic E-state index is 0.199. The van der Waals surface area contributed by atoms with Gasteiger partial charge in [-0.15, -0.1) is 0 Å². The minimum absolute atomic E-state index is 0.199. The molecule has 1 aromatic rings. The Bertz CT molecular complexity index is 291. The fourth-order valence-corrected chi connectivity index (χ4v) is 2.43. The Hall–Kier alpha value is -0.180. The van der Waals surface area contributed by atoms with E-state index < -0.39 is 0 Å². The second-order valence-electron chi connectivity index (χ2n) is 3.42. The first-order valence-corrected chi connectivity index (χ1v) is 6.75. The van der Waals surface area contributed by atoms with Gasteiger partial charge in [0.15, 0.2) is 0 Å². The van der Waals surface area contributed by atoms with Gasteiger partial charge in [0.05, 0.1) is 0 Å². The molecule has 84 valence electrons. The highest BCUT2D eigenvalue weighted by molar-refractivity contribution is 7.99. The molecule has 0 heterocycles. The second kappa shape index (κ2) is 7.15. The third-order valence-electron chi connectivity index (χ3n) is 2.36. The van der Waals surface area contributed by atoms with Gasteiger partial charge in [0.25, 0.3) is 0 Å². The summed E-state index contributed by atoms with van der Waals surface area (Å²) in [6.45, 7) is 2.35. The summed E-state index contributed by atoms with van der Waals surface area (Å²) in [5, 5.41) is 10.1. The SMILES string of the molecule is CCSCCC(CO)c1cccc(Cl)c1. The van der Waals surface area contributed by atoms with Gasteiger partial charge in [-0.1, -0.05) is 30.7 Å². The summed E-state index contributed by atoms with van der Waals surface area (Å²) in [7, 11) is 0. The van der Waals surface area contributed by atoms with Crippen molar-refractivity contribution < 1.29 is 5.11 Å². The van der Waals surface area contributed by atoms with Crippen LogP contribution < -0.4 is 0 Å². The van der Waals surface area contributed by atoms with Gasteiger partial charge < -0.3 is 5.11 Å². The van der Waals surface area contributed by atoms with Gasteiger partial charge in [0.2, 0.25) is 0 Å². The van der Waals surface area contributed by atoms with E-state index in [1.54, 1.807) is 0 Å². The number of hydrogen-bond donors (Lipinski definition) is 1. The number of halogens is 1. The normalized spacial score (nSPS) is 12.7. The van der Waals surface area contributed by atoms with E-state index in [2.05, 4.69) is 6.92 Å². The van der Waals surface area contributed by atoms with Crippen LogP contribution in [0.3, 0.4) is 0 Å². The molecule has 0 bridgehead atoms. The Morgan fingerprint density at radius 1 is 1.47 bits per heavy atom. The summed E-state index contributed by atoms with van der Waals surface area (Å²) in [6, 6.07) is 7.77. The third kappa shape index (κ3) is 4.45.